The molecule has 29 heavy (non-hydrogen) atoms. The fourth-order valence-electron chi connectivity index (χ4n) is 3.25. The summed E-state index contributed by atoms with van der Waals surface area (Å²) in [4.78, 5) is 28.9. The first-order valence-corrected chi connectivity index (χ1v) is 9.73. The van der Waals surface area contributed by atoms with Gasteiger partial charge in [-0.1, -0.05) is 12.1 Å². The molecule has 0 aliphatic heterocycles. The van der Waals surface area contributed by atoms with Crippen molar-refractivity contribution in [2.24, 2.45) is 0 Å². The lowest BCUT2D eigenvalue weighted by molar-refractivity contribution is -0.384. The first kappa shape index (κ1) is 18.8. The van der Waals surface area contributed by atoms with Gasteiger partial charge in [0.25, 0.3) is 5.69 Å². The highest BCUT2D eigenvalue weighted by Crippen LogP contribution is 2.32. The molecule has 0 saturated heterocycles. The van der Waals surface area contributed by atoms with Crippen molar-refractivity contribution >= 4 is 39.7 Å². The molecule has 1 aromatic carbocycles. The lowest BCUT2D eigenvalue weighted by Gasteiger charge is -2.07. The van der Waals surface area contributed by atoms with Crippen molar-refractivity contribution in [3.8, 4) is 10.4 Å². The Kier molecular flexibility index (Phi) is 4.81. The number of nitrogens with one attached hydrogen (secondary N) is 1. The van der Waals surface area contributed by atoms with E-state index in [0.29, 0.717) is 5.65 Å². The van der Waals surface area contributed by atoms with E-state index in [9.17, 15) is 14.9 Å². The number of rotatable bonds is 5. The zero-order valence-electron chi connectivity index (χ0n) is 15.7. The summed E-state index contributed by atoms with van der Waals surface area (Å²) in [5.41, 5.74) is 3.15. The summed E-state index contributed by atoms with van der Waals surface area (Å²) < 4.78 is 1.52. The number of fused-ring (bicyclic) bond motifs is 1. The van der Waals surface area contributed by atoms with E-state index < -0.39 is 10.8 Å². The Morgan fingerprint density at radius 2 is 2.10 bits per heavy atom. The van der Waals surface area contributed by atoms with Crippen molar-refractivity contribution in [3.05, 3.63) is 69.3 Å². The normalized spacial score (nSPS) is 11.0. The fraction of sp³-hybridized carbons (Fsp3) is 0.150. The van der Waals surface area contributed by atoms with Crippen LogP contribution < -0.4 is 5.32 Å². The molecule has 0 spiro atoms. The number of aromatic nitrogens is 3. The largest absolute Gasteiger partial charge is 0.319 e. The van der Waals surface area contributed by atoms with Crippen LogP contribution in [0.25, 0.3) is 21.5 Å². The molecule has 146 valence electrons. The van der Waals surface area contributed by atoms with Gasteiger partial charge in [0.15, 0.2) is 5.65 Å². The smallest absolute Gasteiger partial charge is 0.293 e. The van der Waals surface area contributed by atoms with E-state index in [1.54, 1.807) is 30.5 Å². The van der Waals surface area contributed by atoms with Gasteiger partial charge in [-0.05, 0) is 43.0 Å². The van der Waals surface area contributed by atoms with Crippen LogP contribution in [0.4, 0.5) is 11.4 Å². The Balaban J connectivity index is 1.65. The molecular formula is C20H17N5O3S. The first-order valence-electron chi connectivity index (χ1n) is 8.85. The van der Waals surface area contributed by atoms with E-state index in [1.165, 1.54) is 16.8 Å². The van der Waals surface area contributed by atoms with Crippen molar-refractivity contribution in [2.45, 2.75) is 20.4 Å². The van der Waals surface area contributed by atoms with E-state index in [2.05, 4.69) is 15.4 Å². The summed E-state index contributed by atoms with van der Waals surface area (Å²) in [6.45, 7) is 3.53. The maximum Gasteiger partial charge on any atom is 0.293 e. The predicted octanol–water partition coefficient (Wildman–Crippen LogP) is 4.32. The number of carbonyl (C=O) groups excluding carboxylic acids is 1. The Bertz CT molecular complexity index is 1230. The number of hydrogen-bond donors (Lipinski definition) is 1. The number of nitro groups is 1. The summed E-state index contributed by atoms with van der Waals surface area (Å²) in [7, 11) is 0. The molecule has 9 heteroatoms. The van der Waals surface area contributed by atoms with Gasteiger partial charge in [0, 0.05) is 22.7 Å². The number of benzene rings is 1. The SMILES string of the molecule is Cc1ccc(NC(=O)Cn2nc(C)c3c(-c4cccs4)ccnc32)c([N+](=O)[O-])c1. The summed E-state index contributed by atoms with van der Waals surface area (Å²) in [6, 6.07) is 10.6. The van der Waals surface area contributed by atoms with Gasteiger partial charge in [-0.3, -0.25) is 14.9 Å². The molecule has 0 fully saturated rings. The molecule has 0 atom stereocenters. The lowest BCUT2D eigenvalue weighted by Crippen LogP contribution is -2.20. The molecule has 3 heterocycles. The lowest BCUT2D eigenvalue weighted by atomic mass is 10.1. The van der Waals surface area contributed by atoms with Crippen molar-refractivity contribution in [3.63, 3.8) is 0 Å². The van der Waals surface area contributed by atoms with Crippen LogP contribution in [0.1, 0.15) is 11.3 Å². The molecule has 0 aliphatic rings. The monoisotopic (exact) mass is 407 g/mol. The number of aryl methyl sites for hydroxylation is 2. The third-order valence-corrected chi connectivity index (χ3v) is 5.42. The predicted molar refractivity (Wildman–Crippen MR) is 112 cm³/mol. The number of pyridine rings is 1. The van der Waals surface area contributed by atoms with Crippen LogP contribution in [-0.2, 0) is 11.3 Å². The maximum absolute atomic E-state index is 12.6. The van der Waals surface area contributed by atoms with Crippen molar-refractivity contribution in [1.29, 1.82) is 0 Å². The van der Waals surface area contributed by atoms with Gasteiger partial charge in [-0.2, -0.15) is 5.10 Å². The van der Waals surface area contributed by atoms with E-state index in [0.717, 1.165) is 27.1 Å². The summed E-state index contributed by atoms with van der Waals surface area (Å²) >= 11 is 1.62. The zero-order valence-corrected chi connectivity index (χ0v) is 16.6. The summed E-state index contributed by atoms with van der Waals surface area (Å²) in [5.74, 6) is -0.412. The van der Waals surface area contributed by atoms with Crippen LogP contribution in [0.5, 0.6) is 0 Å². The molecule has 0 saturated carbocycles. The molecule has 1 amide bonds. The van der Waals surface area contributed by atoms with E-state index in [4.69, 9.17) is 0 Å². The molecular weight excluding hydrogens is 390 g/mol. The standard InChI is InChI=1S/C20H17N5O3S/c1-12-5-6-15(16(10-12)25(27)28)22-18(26)11-24-20-19(13(2)23-24)14(7-8-21-20)17-4-3-9-29-17/h3-10H,11H2,1-2H3,(H,22,26). The molecule has 0 bridgehead atoms. The van der Waals surface area contributed by atoms with Gasteiger partial charge in [0.2, 0.25) is 5.91 Å². The van der Waals surface area contributed by atoms with Gasteiger partial charge in [0.1, 0.15) is 12.2 Å². The average molecular weight is 407 g/mol. The molecule has 1 N–H and O–H groups in total. The van der Waals surface area contributed by atoms with Crippen LogP contribution in [0.15, 0.2) is 48.0 Å². The summed E-state index contributed by atoms with van der Waals surface area (Å²) in [5, 5.41) is 21.3. The molecule has 4 aromatic rings. The van der Waals surface area contributed by atoms with E-state index >= 15 is 0 Å². The number of amides is 1. The van der Waals surface area contributed by atoms with Gasteiger partial charge < -0.3 is 5.32 Å². The number of hydrogen-bond acceptors (Lipinski definition) is 6. The quantitative estimate of drug-likeness (QED) is 0.392. The number of nitro benzene ring substituents is 1. The van der Waals surface area contributed by atoms with Gasteiger partial charge >= 0.3 is 0 Å². The van der Waals surface area contributed by atoms with Crippen molar-refractivity contribution < 1.29 is 9.72 Å². The molecule has 3 aromatic heterocycles. The average Bonchev–Trinajstić information content (AvgIpc) is 3.32. The zero-order chi connectivity index (χ0) is 20.5. The van der Waals surface area contributed by atoms with Crippen LogP contribution >= 0.6 is 11.3 Å². The van der Waals surface area contributed by atoms with Crippen LogP contribution in [-0.4, -0.2) is 25.6 Å². The third kappa shape index (κ3) is 3.59. The van der Waals surface area contributed by atoms with Crippen LogP contribution in [0.3, 0.4) is 0 Å². The second-order valence-corrected chi connectivity index (χ2v) is 7.55. The van der Waals surface area contributed by atoms with Gasteiger partial charge in [0.05, 0.1) is 16.0 Å². The maximum atomic E-state index is 12.6. The van der Waals surface area contributed by atoms with Gasteiger partial charge in [-0.15, -0.1) is 11.3 Å². The third-order valence-electron chi connectivity index (χ3n) is 4.51. The van der Waals surface area contributed by atoms with Crippen LogP contribution in [0, 0.1) is 24.0 Å². The molecule has 8 nitrogen and oxygen atoms in total. The number of anilines is 1. The van der Waals surface area contributed by atoms with E-state index in [-0.39, 0.29) is 17.9 Å². The minimum Gasteiger partial charge on any atom is -0.319 e. The molecule has 0 radical (unpaired) electrons. The highest BCUT2D eigenvalue weighted by atomic mass is 32.1. The van der Waals surface area contributed by atoms with Crippen molar-refractivity contribution in [2.75, 3.05) is 5.32 Å². The Morgan fingerprint density at radius 3 is 2.83 bits per heavy atom. The second kappa shape index (κ2) is 7.44. The molecule has 0 unspecified atom stereocenters. The number of carbonyl (C=O) groups is 1. The molecule has 0 aliphatic carbocycles. The fourth-order valence-corrected chi connectivity index (χ4v) is 4.01. The number of thiophene rings is 1. The highest BCUT2D eigenvalue weighted by molar-refractivity contribution is 7.13. The first-order chi connectivity index (χ1) is 13.9. The highest BCUT2D eigenvalue weighted by Gasteiger charge is 2.19. The van der Waals surface area contributed by atoms with Crippen LogP contribution in [0.2, 0.25) is 0 Å². The van der Waals surface area contributed by atoms with Crippen molar-refractivity contribution in [1.82, 2.24) is 14.8 Å². The summed E-state index contributed by atoms with van der Waals surface area (Å²) in [6.07, 6.45) is 1.69. The second-order valence-electron chi connectivity index (χ2n) is 6.60. The van der Waals surface area contributed by atoms with E-state index in [1.807, 2.05) is 30.5 Å². The Labute approximate surface area is 170 Å². The Hall–Kier alpha value is -3.59. The Morgan fingerprint density at radius 1 is 1.28 bits per heavy atom. The topological polar surface area (TPSA) is 103 Å². The molecule has 4 rings (SSSR count). The van der Waals surface area contributed by atoms with Gasteiger partial charge in [-0.25, -0.2) is 9.67 Å². The minimum atomic E-state index is -0.509. The minimum absolute atomic E-state index is 0.101. The number of nitrogens with zero attached hydrogens (tertiary/aromatic N) is 4.